The van der Waals surface area contributed by atoms with Gasteiger partial charge in [0.25, 0.3) is 0 Å². The van der Waals surface area contributed by atoms with E-state index in [1.165, 1.54) is 0 Å². The third-order valence-electron chi connectivity index (χ3n) is 4.93. The third-order valence-corrected chi connectivity index (χ3v) is 4.93. The average Bonchev–Trinajstić information content (AvgIpc) is 2.51. The minimum atomic E-state index is -0.704. The van der Waals surface area contributed by atoms with Crippen LogP contribution >= 0.6 is 0 Å². The molecule has 0 heterocycles. The highest BCUT2D eigenvalue weighted by Crippen LogP contribution is 2.46. The van der Waals surface area contributed by atoms with Crippen molar-refractivity contribution in [2.75, 3.05) is 0 Å². The van der Waals surface area contributed by atoms with Crippen molar-refractivity contribution in [2.24, 2.45) is 11.8 Å². The van der Waals surface area contributed by atoms with E-state index in [0.29, 0.717) is 11.1 Å². The first-order valence-corrected chi connectivity index (χ1v) is 7.48. The second kappa shape index (κ2) is 4.42. The Kier molecular flexibility index (Phi) is 2.64. The van der Waals surface area contributed by atoms with Gasteiger partial charge in [-0.25, -0.2) is 0 Å². The molecular formula is C18H16O3. The molecule has 0 amide bonds. The number of allylic oxidation sites excluding steroid dienone is 4. The standard InChI is InChI=1S/C18H16O3/c19-14-9-10-5-1-2-6-11(10)15-16(14)18(21)13-8-4-3-7-12(13)17(15)20/h3-4,7-9,15-16,19H,1-2,5-6H2. The molecule has 3 aliphatic carbocycles. The fourth-order valence-corrected chi connectivity index (χ4v) is 3.96. The van der Waals surface area contributed by atoms with Crippen molar-refractivity contribution in [1.82, 2.24) is 0 Å². The lowest BCUT2D eigenvalue weighted by atomic mass is 9.64. The fourth-order valence-electron chi connectivity index (χ4n) is 3.96. The minimum Gasteiger partial charge on any atom is -0.511 e. The quantitative estimate of drug-likeness (QED) is 0.789. The maximum absolute atomic E-state index is 12.9. The highest BCUT2D eigenvalue weighted by Gasteiger charge is 2.47. The lowest BCUT2D eigenvalue weighted by Gasteiger charge is -2.37. The number of hydrogen-bond acceptors (Lipinski definition) is 3. The minimum absolute atomic E-state index is 0.00995. The topological polar surface area (TPSA) is 54.4 Å². The van der Waals surface area contributed by atoms with Gasteiger partial charge in [0.05, 0.1) is 11.8 Å². The smallest absolute Gasteiger partial charge is 0.175 e. The Morgan fingerprint density at radius 3 is 2.24 bits per heavy atom. The lowest BCUT2D eigenvalue weighted by molar-refractivity contribution is 0.0743. The van der Waals surface area contributed by atoms with Gasteiger partial charge in [0.1, 0.15) is 5.76 Å². The zero-order valence-electron chi connectivity index (χ0n) is 11.6. The van der Waals surface area contributed by atoms with Crippen LogP contribution in [-0.4, -0.2) is 16.7 Å². The maximum atomic E-state index is 12.9. The summed E-state index contributed by atoms with van der Waals surface area (Å²) in [6, 6.07) is 6.96. The van der Waals surface area contributed by atoms with Crippen LogP contribution in [0.1, 0.15) is 46.4 Å². The van der Waals surface area contributed by atoms with Gasteiger partial charge >= 0.3 is 0 Å². The molecule has 3 aliphatic rings. The van der Waals surface area contributed by atoms with Crippen molar-refractivity contribution in [3.05, 3.63) is 58.4 Å². The van der Waals surface area contributed by atoms with Crippen LogP contribution in [0.2, 0.25) is 0 Å². The van der Waals surface area contributed by atoms with Crippen molar-refractivity contribution in [3.63, 3.8) is 0 Å². The van der Waals surface area contributed by atoms with E-state index >= 15 is 0 Å². The Morgan fingerprint density at radius 2 is 1.52 bits per heavy atom. The molecule has 2 unspecified atom stereocenters. The molecule has 4 rings (SSSR count). The molecule has 2 atom stereocenters. The van der Waals surface area contributed by atoms with Crippen LogP contribution in [0.15, 0.2) is 47.2 Å². The monoisotopic (exact) mass is 280 g/mol. The van der Waals surface area contributed by atoms with Crippen molar-refractivity contribution < 1.29 is 14.7 Å². The summed E-state index contributed by atoms with van der Waals surface area (Å²) in [6.45, 7) is 0. The van der Waals surface area contributed by atoms with E-state index in [0.717, 1.165) is 36.8 Å². The van der Waals surface area contributed by atoms with Gasteiger partial charge in [0.15, 0.2) is 11.6 Å². The summed E-state index contributed by atoms with van der Waals surface area (Å²) < 4.78 is 0. The summed E-state index contributed by atoms with van der Waals surface area (Å²) in [5.41, 5.74) is 3.11. The molecule has 3 nitrogen and oxygen atoms in total. The van der Waals surface area contributed by atoms with Gasteiger partial charge in [0, 0.05) is 11.1 Å². The molecule has 0 saturated carbocycles. The van der Waals surface area contributed by atoms with Crippen LogP contribution in [0.5, 0.6) is 0 Å². The van der Waals surface area contributed by atoms with Gasteiger partial charge in [-0.3, -0.25) is 9.59 Å². The van der Waals surface area contributed by atoms with Crippen LogP contribution in [0.25, 0.3) is 0 Å². The predicted octanol–water partition coefficient (Wildman–Crippen LogP) is 3.62. The van der Waals surface area contributed by atoms with Crippen molar-refractivity contribution in [1.29, 1.82) is 0 Å². The Hall–Kier alpha value is -2.16. The van der Waals surface area contributed by atoms with Gasteiger partial charge < -0.3 is 5.11 Å². The van der Waals surface area contributed by atoms with Crippen LogP contribution < -0.4 is 0 Å². The summed E-state index contributed by atoms with van der Waals surface area (Å²) in [5.74, 6) is -1.25. The van der Waals surface area contributed by atoms with Crippen LogP contribution in [0.3, 0.4) is 0 Å². The van der Waals surface area contributed by atoms with Crippen molar-refractivity contribution >= 4 is 11.6 Å². The normalized spacial score (nSPS) is 27.7. The second-order valence-electron chi connectivity index (χ2n) is 6.06. The molecule has 0 fully saturated rings. The number of rotatable bonds is 0. The van der Waals surface area contributed by atoms with E-state index < -0.39 is 11.8 Å². The summed E-state index contributed by atoms with van der Waals surface area (Å²) >= 11 is 0. The van der Waals surface area contributed by atoms with E-state index in [2.05, 4.69) is 0 Å². The molecule has 0 bridgehead atoms. The molecule has 0 aromatic heterocycles. The Labute approximate surface area is 123 Å². The fraction of sp³-hybridized carbons (Fsp3) is 0.333. The number of benzene rings is 1. The zero-order valence-corrected chi connectivity index (χ0v) is 11.6. The predicted molar refractivity (Wildman–Crippen MR) is 78.3 cm³/mol. The highest BCUT2D eigenvalue weighted by atomic mass is 16.3. The zero-order chi connectivity index (χ0) is 14.6. The molecule has 1 aromatic carbocycles. The van der Waals surface area contributed by atoms with Gasteiger partial charge in [-0.2, -0.15) is 0 Å². The van der Waals surface area contributed by atoms with Crippen molar-refractivity contribution in [3.8, 4) is 0 Å². The van der Waals surface area contributed by atoms with Crippen molar-refractivity contribution in [2.45, 2.75) is 25.7 Å². The number of fused-ring (bicyclic) bond motifs is 3. The first kappa shape index (κ1) is 12.6. The summed E-state index contributed by atoms with van der Waals surface area (Å²) in [5, 5.41) is 10.3. The number of carbonyl (C=O) groups excluding carboxylic acids is 2. The lowest BCUT2D eigenvalue weighted by Crippen LogP contribution is -2.41. The van der Waals surface area contributed by atoms with E-state index in [-0.39, 0.29) is 17.3 Å². The summed E-state index contributed by atoms with van der Waals surface area (Å²) in [4.78, 5) is 25.6. The number of ketones is 2. The van der Waals surface area contributed by atoms with E-state index in [1.807, 2.05) is 0 Å². The van der Waals surface area contributed by atoms with E-state index in [9.17, 15) is 14.7 Å². The highest BCUT2D eigenvalue weighted by molar-refractivity contribution is 6.18. The molecule has 21 heavy (non-hydrogen) atoms. The number of Topliss-reactive ketones (excluding diaryl/α,β-unsaturated/α-hetero) is 2. The molecule has 3 heteroatoms. The second-order valence-corrected chi connectivity index (χ2v) is 6.06. The Balaban J connectivity index is 1.93. The van der Waals surface area contributed by atoms with E-state index in [1.54, 1.807) is 30.3 Å². The number of aliphatic hydroxyl groups is 1. The molecule has 0 saturated heterocycles. The molecule has 0 aliphatic heterocycles. The van der Waals surface area contributed by atoms with Crippen LogP contribution in [0, 0.1) is 11.8 Å². The molecule has 0 spiro atoms. The van der Waals surface area contributed by atoms with Crippen LogP contribution in [0.4, 0.5) is 0 Å². The summed E-state index contributed by atoms with van der Waals surface area (Å²) in [6.07, 6.45) is 5.63. The van der Waals surface area contributed by atoms with E-state index in [4.69, 9.17) is 0 Å². The Morgan fingerprint density at radius 1 is 0.905 bits per heavy atom. The SMILES string of the molecule is O=C1c2ccccc2C(=O)C2C3=C(C=C(O)C12)CCCC3. The van der Waals surface area contributed by atoms with Gasteiger partial charge in [-0.1, -0.05) is 29.8 Å². The third kappa shape index (κ3) is 1.67. The number of carbonyl (C=O) groups is 2. The molecular weight excluding hydrogens is 264 g/mol. The van der Waals surface area contributed by atoms with Crippen LogP contribution in [-0.2, 0) is 0 Å². The Bertz CT molecular complexity index is 724. The van der Waals surface area contributed by atoms with Gasteiger partial charge in [-0.05, 0) is 37.3 Å². The first-order valence-electron chi connectivity index (χ1n) is 7.48. The van der Waals surface area contributed by atoms with Gasteiger partial charge in [0.2, 0.25) is 0 Å². The molecule has 1 N–H and O–H groups in total. The average molecular weight is 280 g/mol. The molecule has 0 radical (unpaired) electrons. The molecule has 106 valence electrons. The molecule has 1 aromatic rings. The van der Waals surface area contributed by atoms with Gasteiger partial charge in [-0.15, -0.1) is 0 Å². The largest absolute Gasteiger partial charge is 0.511 e. The summed E-state index contributed by atoms with van der Waals surface area (Å²) in [7, 11) is 0. The number of aliphatic hydroxyl groups excluding tert-OH is 1. The first-order chi connectivity index (χ1) is 10.2. The number of hydrogen-bond donors (Lipinski definition) is 1. The maximum Gasteiger partial charge on any atom is 0.175 e.